The highest BCUT2D eigenvalue weighted by Crippen LogP contribution is 2.28. The molecule has 110 valence electrons. The van der Waals surface area contributed by atoms with Crippen LogP contribution >= 0.6 is 0 Å². The number of hydrogen-bond acceptors (Lipinski definition) is 5. The summed E-state index contributed by atoms with van der Waals surface area (Å²) in [7, 11) is 0. The number of nitro groups is 1. The third-order valence-corrected chi connectivity index (χ3v) is 3.67. The maximum absolute atomic E-state index is 11.4. The van der Waals surface area contributed by atoms with Gasteiger partial charge in [-0.2, -0.15) is 5.26 Å². The average molecular weight is 289 g/mol. The van der Waals surface area contributed by atoms with Crippen LogP contribution in [0.25, 0.3) is 0 Å². The first-order chi connectivity index (χ1) is 10.0. The Labute approximate surface area is 121 Å². The molecule has 1 saturated heterocycles. The van der Waals surface area contributed by atoms with Crippen molar-refractivity contribution in [1.29, 1.82) is 5.26 Å². The fourth-order valence-corrected chi connectivity index (χ4v) is 2.63. The standard InChI is InChI=1S/C14H15N3O4/c15-9-10-8-11(5-6-12(10)17(20)21)16-7-3-1-2-4-13(16)14(18)19/h5-6,8,13H,1-4,7H2,(H,18,19). The van der Waals surface area contributed by atoms with Crippen molar-refractivity contribution < 1.29 is 14.8 Å². The van der Waals surface area contributed by atoms with Crippen LogP contribution < -0.4 is 4.90 Å². The Morgan fingerprint density at radius 2 is 2.19 bits per heavy atom. The van der Waals surface area contributed by atoms with Gasteiger partial charge in [-0.3, -0.25) is 10.1 Å². The summed E-state index contributed by atoms with van der Waals surface area (Å²) in [5, 5.41) is 29.2. The van der Waals surface area contributed by atoms with Crippen molar-refractivity contribution in [3.05, 3.63) is 33.9 Å². The molecule has 1 aliphatic heterocycles. The Bertz CT molecular complexity index is 609. The van der Waals surface area contributed by atoms with Gasteiger partial charge in [0.25, 0.3) is 5.69 Å². The van der Waals surface area contributed by atoms with E-state index in [1.807, 2.05) is 0 Å². The summed E-state index contributed by atoms with van der Waals surface area (Å²) in [6, 6.07) is 5.33. The molecule has 0 aromatic heterocycles. The lowest BCUT2D eigenvalue weighted by atomic mass is 10.1. The summed E-state index contributed by atoms with van der Waals surface area (Å²) in [5.74, 6) is -0.909. The second kappa shape index (κ2) is 6.22. The van der Waals surface area contributed by atoms with Crippen molar-refractivity contribution in [2.75, 3.05) is 11.4 Å². The van der Waals surface area contributed by atoms with Gasteiger partial charge in [0.1, 0.15) is 17.7 Å². The van der Waals surface area contributed by atoms with Gasteiger partial charge in [0.2, 0.25) is 0 Å². The monoisotopic (exact) mass is 289 g/mol. The molecule has 0 amide bonds. The minimum atomic E-state index is -0.909. The minimum absolute atomic E-state index is 0.0501. The van der Waals surface area contributed by atoms with Crippen molar-refractivity contribution in [3.63, 3.8) is 0 Å². The number of nitrogens with zero attached hydrogens (tertiary/aromatic N) is 3. The summed E-state index contributed by atoms with van der Waals surface area (Å²) in [4.78, 5) is 23.4. The van der Waals surface area contributed by atoms with Crippen LogP contribution in [0.5, 0.6) is 0 Å². The lowest BCUT2D eigenvalue weighted by Crippen LogP contribution is -2.40. The fraction of sp³-hybridized carbons (Fsp3) is 0.429. The van der Waals surface area contributed by atoms with Gasteiger partial charge in [-0.25, -0.2) is 4.79 Å². The van der Waals surface area contributed by atoms with Crippen molar-refractivity contribution >= 4 is 17.3 Å². The van der Waals surface area contributed by atoms with E-state index < -0.39 is 16.9 Å². The van der Waals surface area contributed by atoms with E-state index in [1.165, 1.54) is 18.2 Å². The number of carboxylic acid groups (broad SMARTS) is 1. The first kappa shape index (κ1) is 14.8. The largest absolute Gasteiger partial charge is 0.480 e. The predicted octanol–water partition coefficient (Wildman–Crippen LogP) is 2.30. The molecule has 0 saturated carbocycles. The second-order valence-corrected chi connectivity index (χ2v) is 4.97. The minimum Gasteiger partial charge on any atom is -0.480 e. The number of aliphatic carboxylic acids is 1. The molecule has 1 aromatic rings. The van der Waals surface area contributed by atoms with E-state index >= 15 is 0 Å². The van der Waals surface area contributed by atoms with E-state index in [1.54, 1.807) is 11.0 Å². The van der Waals surface area contributed by atoms with E-state index in [9.17, 15) is 20.0 Å². The smallest absolute Gasteiger partial charge is 0.326 e. The number of hydrogen-bond donors (Lipinski definition) is 1. The van der Waals surface area contributed by atoms with Crippen LogP contribution in [-0.2, 0) is 4.79 Å². The molecule has 1 unspecified atom stereocenters. The Morgan fingerprint density at radius 1 is 1.43 bits per heavy atom. The first-order valence-electron chi connectivity index (χ1n) is 6.72. The van der Waals surface area contributed by atoms with Gasteiger partial charge in [0.15, 0.2) is 0 Å². The van der Waals surface area contributed by atoms with Crippen LogP contribution in [0.15, 0.2) is 18.2 Å². The quantitative estimate of drug-likeness (QED) is 0.675. The van der Waals surface area contributed by atoms with Crippen LogP contribution in [0.2, 0.25) is 0 Å². The summed E-state index contributed by atoms with van der Waals surface area (Å²) in [6.45, 7) is 0.569. The molecular weight excluding hydrogens is 274 g/mol. The molecule has 0 bridgehead atoms. The number of carboxylic acids is 1. The highest BCUT2D eigenvalue weighted by Gasteiger charge is 2.28. The molecule has 0 radical (unpaired) electrons. The number of benzene rings is 1. The van der Waals surface area contributed by atoms with Crippen LogP contribution in [0.1, 0.15) is 31.2 Å². The summed E-state index contributed by atoms with van der Waals surface area (Å²) >= 11 is 0. The fourth-order valence-electron chi connectivity index (χ4n) is 2.63. The maximum Gasteiger partial charge on any atom is 0.326 e. The van der Waals surface area contributed by atoms with E-state index in [0.29, 0.717) is 18.7 Å². The van der Waals surface area contributed by atoms with Crippen molar-refractivity contribution in [2.45, 2.75) is 31.7 Å². The highest BCUT2D eigenvalue weighted by atomic mass is 16.6. The Balaban J connectivity index is 2.41. The lowest BCUT2D eigenvalue weighted by molar-refractivity contribution is -0.385. The maximum atomic E-state index is 11.4. The molecule has 2 rings (SSSR count). The van der Waals surface area contributed by atoms with Crippen molar-refractivity contribution in [2.24, 2.45) is 0 Å². The number of nitriles is 1. The van der Waals surface area contributed by atoms with Gasteiger partial charge in [-0.15, -0.1) is 0 Å². The van der Waals surface area contributed by atoms with Crippen LogP contribution in [0.4, 0.5) is 11.4 Å². The van der Waals surface area contributed by atoms with E-state index in [0.717, 1.165) is 19.3 Å². The van der Waals surface area contributed by atoms with Gasteiger partial charge in [0, 0.05) is 18.3 Å². The van der Waals surface area contributed by atoms with Gasteiger partial charge >= 0.3 is 5.97 Å². The van der Waals surface area contributed by atoms with Crippen LogP contribution in [0, 0.1) is 21.4 Å². The van der Waals surface area contributed by atoms with E-state index in [2.05, 4.69) is 0 Å². The van der Waals surface area contributed by atoms with Gasteiger partial charge in [0.05, 0.1) is 4.92 Å². The Hall–Kier alpha value is -2.62. The summed E-state index contributed by atoms with van der Waals surface area (Å²) in [6.07, 6.45) is 3.20. The molecule has 1 aromatic carbocycles. The van der Waals surface area contributed by atoms with E-state index in [-0.39, 0.29) is 11.3 Å². The zero-order valence-electron chi connectivity index (χ0n) is 11.4. The van der Waals surface area contributed by atoms with Gasteiger partial charge in [-0.1, -0.05) is 12.8 Å². The molecule has 0 spiro atoms. The molecule has 7 heteroatoms. The topological polar surface area (TPSA) is 107 Å². The average Bonchev–Trinajstić information content (AvgIpc) is 2.72. The van der Waals surface area contributed by atoms with E-state index in [4.69, 9.17) is 5.26 Å². The van der Waals surface area contributed by atoms with Gasteiger partial charge in [-0.05, 0) is 25.0 Å². The van der Waals surface area contributed by atoms with Crippen molar-refractivity contribution in [1.82, 2.24) is 0 Å². The number of rotatable bonds is 3. The Kier molecular flexibility index (Phi) is 4.38. The normalized spacial score (nSPS) is 18.6. The molecule has 21 heavy (non-hydrogen) atoms. The Morgan fingerprint density at radius 3 is 2.81 bits per heavy atom. The lowest BCUT2D eigenvalue weighted by Gasteiger charge is -2.29. The van der Waals surface area contributed by atoms with Gasteiger partial charge < -0.3 is 10.0 Å². The molecular formula is C14H15N3O4. The molecule has 1 N–H and O–H groups in total. The SMILES string of the molecule is N#Cc1cc(N2CCCCCC2C(=O)O)ccc1[N+](=O)[O-]. The highest BCUT2D eigenvalue weighted by molar-refractivity contribution is 5.78. The number of carbonyl (C=O) groups is 1. The molecule has 1 fully saturated rings. The summed E-state index contributed by atoms with van der Waals surface area (Å²) < 4.78 is 0. The molecule has 1 heterocycles. The number of nitro benzene ring substituents is 1. The molecule has 1 aliphatic rings. The zero-order valence-corrected chi connectivity index (χ0v) is 11.4. The molecule has 1 atom stereocenters. The number of anilines is 1. The van der Waals surface area contributed by atoms with Crippen molar-refractivity contribution in [3.8, 4) is 6.07 Å². The molecule has 7 nitrogen and oxygen atoms in total. The van der Waals surface area contributed by atoms with Crippen LogP contribution in [-0.4, -0.2) is 28.6 Å². The second-order valence-electron chi connectivity index (χ2n) is 4.97. The first-order valence-corrected chi connectivity index (χ1v) is 6.72. The zero-order chi connectivity index (χ0) is 15.4. The summed E-state index contributed by atoms with van der Waals surface area (Å²) in [5.41, 5.74) is 0.236. The van der Waals surface area contributed by atoms with Crippen LogP contribution in [0.3, 0.4) is 0 Å². The molecule has 0 aliphatic carbocycles. The third kappa shape index (κ3) is 3.11. The third-order valence-electron chi connectivity index (χ3n) is 3.67. The predicted molar refractivity (Wildman–Crippen MR) is 75.0 cm³/mol.